The van der Waals surface area contributed by atoms with Crippen LogP contribution in [0.15, 0.2) is 0 Å². The summed E-state index contributed by atoms with van der Waals surface area (Å²) < 4.78 is 116. The molecule has 0 nitrogen and oxygen atoms in total. The molecule has 0 heterocycles. The monoisotopic (exact) mass is 378 g/mol. The molecule has 0 saturated heterocycles. The highest BCUT2D eigenvalue weighted by Crippen LogP contribution is 2.56. The van der Waals surface area contributed by atoms with E-state index in [0.717, 1.165) is 0 Å². The standard InChI is InChI=1S/C5HF10I/c6-1(16)2(7,8)3(9,4(10,11)12)5(13,14)15/h1H. The van der Waals surface area contributed by atoms with Crippen molar-refractivity contribution in [2.45, 2.75) is 28.1 Å². The highest BCUT2D eigenvalue weighted by atomic mass is 127. The van der Waals surface area contributed by atoms with Crippen LogP contribution in [0.5, 0.6) is 0 Å². The van der Waals surface area contributed by atoms with Gasteiger partial charge in [0.05, 0.1) is 0 Å². The molecule has 0 aromatic carbocycles. The molecular weight excluding hydrogens is 377 g/mol. The molecule has 0 aliphatic carbocycles. The zero-order valence-electron chi connectivity index (χ0n) is 6.73. The fourth-order valence-electron chi connectivity index (χ4n) is 0.689. The second kappa shape index (κ2) is 4.05. The van der Waals surface area contributed by atoms with Gasteiger partial charge in [0.25, 0.3) is 0 Å². The Morgan fingerprint density at radius 3 is 1.00 bits per heavy atom. The van der Waals surface area contributed by atoms with Crippen LogP contribution in [-0.2, 0) is 0 Å². The quantitative estimate of drug-likeness (QED) is 0.384. The first-order valence-electron chi connectivity index (χ1n) is 3.18. The number of rotatable bonds is 2. The first-order chi connectivity index (χ1) is 6.69. The number of hydrogen-bond acceptors (Lipinski definition) is 0. The summed E-state index contributed by atoms with van der Waals surface area (Å²) in [6, 6.07) is 0. The summed E-state index contributed by atoms with van der Waals surface area (Å²) in [6.07, 6.45) is -14.0. The fraction of sp³-hybridized carbons (Fsp3) is 1.00. The molecule has 0 amide bonds. The van der Waals surface area contributed by atoms with Gasteiger partial charge in [0.2, 0.25) is 4.18 Å². The number of halogens is 11. The molecule has 16 heavy (non-hydrogen) atoms. The smallest absolute Gasteiger partial charge is 0.229 e. The lowest BCUT2D eigenvalue weighted by atomic mass is 9.97. The van der Waals surface area contributed by atoms with E-state index in [2.05, 4.69) is 0 Å². The third kappa shape index (κ3) is 2.18. The van der Waals surface area contributed by atoms with Crippen molar-refractivity contribution >= 4 is 22.6 Å². The van der Waals surface area contributed by atoms with Gasteiger partial charge in [-0.2, -0.15) is 35.1 Å². The van der Waals surface area contributed by atoms with Crippen LogP contribution in [0.25, 0.3) is 0 Å². The maximum Gasteiger partial charge on any atom is 0.437 e. The molecule has 0 rings (SSSR count). The molecule has 11 heteroatoms. The van der Waals surface area contributed by atoms with Crippen LogP contribution in [0, 0.1) is 0 Å². The first-order valence-corrected chi connectivity index (χ1v) is 4.42. The maximum absolute atomic E-state index is 12.6. The fourth-order valence-corrected chi connectivity index (χ4v) is 1.12. The van der Waals surface area contributed by atoms with Crippen LogP contribution in [0.4, 0.5) is 43.9 Å². The Morgan fingerprint density at radius 1 is 0.688 bits per heavy atom. The van der Waals surface area contributed by atoms with Crippen LogP contribution in [0.2, 0.25) is 0 Å². The molecule has 0 radical (unpaired) electrons. The molecule has 0 N–H and O–H groups in total. The summed E-state index contributed by atoms with van der Waals surface area (Å²) in [5, 5.41) is 0. The highest BCUT2D eigenvalue weighted by molar-refractivity contribution is 14.1. The summed E-state index contributed by atoms with van der Waals surface area (Å²) in [6.45, 7) is 0. The SMILES string of the molecule is FC(I)C(F)(F)C(F)(C(F)(F)F)C(F)(F)F. The summed E-state index contributed by atoms with van der Waals surface area (Å²) in [4.78, 5) is 0. The van der Waals surface area contributed by atoms with Crippen molar-refractivity contribution in [3.63, 3.8) is 0 Å². The Hall–Kier alpha value is 0.0300. The average molecular weight is 378 g/mol. The lowest BCUT2D eigenvalue weighted by molar-refractivity contribution is -0.398. The Morgan fingerprint density at radius 2 is 0.938 bits per heavy atom. The molecule has 0 fully saturated rings. The van der Waals surface area contributed by atoms with Crippen molar-refractivity contribution in [3.05, 3.63) is 0 Å². The molecule has 98 valence electrons. The van der Waals surface area contributed by atoms with Crippen molar-refractivity contribution in [1.82, 2.24) is 0 Å². The lowest BCUT2D eigenvalue weighted by Gasteiger charge is -2.36. The van der Waals surface area contributed by atoms with Crippen LogP contribution in [0.3, 0.4) is 0 Å². The van der Waals surface area contributed by atoms with E-state index in [1.54, 1.807) is 0 Å². The average Bonchev–Trinajstić information content (AvgIpc) is 1.97. The van der Waals surface area contributed by atoms with Gasteiger partial charge in [-0.15, -0.1) is 0 Å². The van der Waals surface area contributed by atoms with Gasteiger partial charge in [0, 0.05) is 0 Å². The van der Waals surface area contributed by atoms with Crippen molar-refractivity contribution in [3.8, 4) is 0 Å². The van der Waals surface area contributed by atoms with Gasteiger partial charge < -0.3 is 0 Å². The number of alkyl halides is 11. The Bertz CT molecular complexity index is 235. The van der Waals surface area contributed by atoms with Crippen LogP contribution < -0.4 is 0 Å². The molecule has 0 saturated carbocycles. The summed E-state index contributed by atoms with van der Waals surface area (Å²) in [7, 11) is 0. The second-order valence-corrected chi connectivity index (χ2v) is 3.67. The van der Waals surface area contributed by atoms with Crippen molar-refractivity contribution in [2.75, 3.05) is 0 Å². The molecular formula is C5HF10I. The summed E-state index contributed by atoms with van der Waals surface area (Å²) in [5.41, 5.74) is -6.92. The largest absolute Gasteiger partial charge is 0.437 e. The van der Waals surface area contributed by atoms with Crippen LogP contribution in [0.1, 0.15) is 0 Å². The van der Waals surface area contributed by atoms with E-state index < -0.39 is 28.1 Å². The number of hydrogen-bond donors (Lipinski definition) is 0. The molecule has 0 aliphatic rings. The minimum atomic E-state index is -6.98. The normalized spacial score (nSPS) is 17.4. The van der Waals surface area contributed by atoms with E-state index >= 15 is 0 Å². The maximum atomic E-state index is 12.6. The predicted molar refractivity (Wildman–Crippen MR) is 39.8 cm³/mol. The van der Waals surface area contributed by atoms with Crippen molar-refractivity contribution in [2.24, 2.45) is 0 Å². The highest BCUT2D eigenvalue weighted by Gasteiger charge is 2.86. The lowest BCUT2D eigenvalue weighted by Crippen LogP contribution is -2.66. The Kier molecular flexibility index (Phi) is 4.06. The van der Waals surface area contributed by atoms with Crippen LogP contribution in [-0.4, -0.2) is 28.1 Å². The summed E-state index contributed by atoms with van der Waals surface area (Å²) >= 11 is -0.0662. The third-order valence-corrected chi connectivity index (χ3v) is 2.30. The first kappa shape index (κ1) is 16.0. The predicted octanol–water partition coefficient (Wildman–Crippen LogP) is 4.19. The molecule has 1 unspecified atom stereocenters. The van der Waals surface area contributed by atoms with Crippen LogP contribution >= 0.6 is 22.6 Å². The van der Waals surface area contributed by atoms with Gasteiger partial charge in [-0.25, -0.2) is 8.78 Å². The second-order valence-electron chi connectivity index (χ2n) is 2.58. The van der Waals surface area contributed by atoms with Gasteiger partial charge in [-0.1, -0.05) is 0 Å². The van der Waals surface area contributed by atoms with Crippen molar-refractivity contribution < 1.29 is 43.9 Å². The van der Waals surface area contributed by atoms with E-state index in [0.29, 0.717) is 0 Å². The van der Waals surface area contributed by atoms with E-state index in [-0.39, 0.29) is 22.6 Å². The molecule has 0 bridgehead atoms. The van der Waals surface area contributed by atoms with Gasteiger partial charge in [-0.3, -0.25) is 0 Å². The minimum Gasteiger partial charge on any atom is -0.229 e. The zero-order chi connectivity index (χ0) is 13.6. The van der Waals surface area contributed by atoms with Gasteiger partial charge in [0.1, 0.15) is 0 Å². The molecule has 0 spiro atoms. The molecule has 0 aromatic rings. The van der Waals surface area contributed by atoms with E-state index in [1.165, 1.54) is 0 Å². The van der Waals surface area contributed by atoms with E-state index in [9.17, 15) is 43.9 Å². The van der Waals surface area contributed by atoms with Crippen molar-refractivity contribution in [1.29, 1.82) is 0 Å². The third-order valence-electron chi connectivity index (χ3n) is 1.51. The Labute approximate surface area is 95.1 Å². The van der Waals surface area contributed by atoms with E-state index in [4.69, 9.17) is 0 Å². The molecule has 0 aromatic heterocycles. The minimum absolute atomic E-state index is 0.0662. The van der Waals surface area contributed by atoms with E-state index in [1.807, 2.05) is 0 Å². The van der Waals surface area contributed by atoms with Gasteiger partial charge in [0.15, 0.2) is 0 Å². The van der Waals surface area contributed by atoms with Gasteiger partial charge in [-0.05, 0) is 22.6 Å². The zero-order valence-corrected chi connectivity index (χ0v) is 8.89. The molecule has 0 aliphatic heterocycles. The molecule has 1 atom stereocenters. The summed E-state index contributed by atoms with van der Waals surface area (Å²) in [5.74, 6) is -6.27. The van der Waals surface area contributed by atoms with Gasteiger partial charge >= 0.3 is 23.9 Å². The Balaban J connectivity index is 5.81. The topological polar surface area (TPSA) is 0 Å².